The van der Waals surface area contributed by atoms with Crippen LogP contribution in [-0.2, 0) is 9.53 Å². The number of ether oxygens (including phenoxy) is 1. The van der Waals surface area contributed by atoms with Crippen LogP contribution in [0.25, 0.3) is 0 Å². The SMILES string of the molecule is Cc1cc(C(=O)O[C@H](C)C(=O)Nc2sccc2C#N)c(C)s1. The molecule has 2 heterocycles. The molecule has 5 nitrogen and oxygen atoms in total. The molecule has 0 aliphatic carbocycles. The van der Waals surface area contributed by atoms with Gasteiger partial charge < -0.3 is 10.1 Å². The molecule has 7 heteroatoms. The van der Waals surface area contributed by atoms with Crippen LogP contribution >= 0.6 is 22.7 Å². The van der Waals surface area contributed by atoms with Crippen LogP contribution in [0.2, 0.25) is 0 Å². The fraction of sp³-hybridized carbons (Fsp3) is 0.267. The van der Waals surface area contributed by atoms with Crippen molar-refractivity contribution in [3.05, 3.63) is 38.4 Å². The van der Waals surface area contributed by atoms with Crippen LogP contribution < -0.4 is 5.32 Å². The summed E-state index contributed by atoms with van der Waals surface area (Å²) >= 11 is 2.75. The minimum atomic E-state index is -0.944. The lowest BCUT2D eigenvalue weighted by molar-refractivity contribution is -0.123. The maximum Gasteiger partial charge on any atom is 0.340 e. The van der Waals surface area contributed by atoms with Gasteiger partial charge in [-0.05, 0) is 38.3 Å². The minimum Gasteiger partial charge on any atom is -0.449 e. The number of rotatable bonds is 4. The number of carbonyl (C=O) groups excluding carboxylic acids is 2. The molecule has 2 aromatic rings. The lowest BCUT2D eigenvalue weighted by Gasteiger charge is -2.12. The van der Waals surface area contributed by atoms with Gasteiger partial charge in [-0.3, -0.25) is 4.79 Å². The van der Waals surface area contributed by atoms with Crippen molar-refractivity contribution in [2.45, 2.75) is 26.9 Å². The zero-order chi connectivity index (χ0) is 16.3. The van der Waals surface area contributed by atoms with Crippen LogP contribution in [-0.4, -0.2) is 18.0 Å². The molecule has 0 saturated heterocycles. The molecule has 0 aliphatic heterocycles. The molecule has 114 valence electrons. The molecule has 0 saturated carbocycles. The number of nitrogens with zero attached hydrogens (tertiary/aromatic N) is 1. The third kappa shape index (κ3) is 3.53. The highest BCUT2D eigenvalue weighted by Crippen LogP contribution is 2.24. The second-order valence-corrected chi connectivity index (χ2v) is 7.02. The molecule has 0 fully saturated rings. The first-order chi connectivity index (χ1) is 10.4. The molecule has 2 aromatic heterocycles. The van der Waals surface area contributed by atoms with E-state index < -0.39 is 18.0 Å². The Bertz CT molecular complexity index is 755. The average molecular weight is 334 g/mol. The van der Waals surface area contributed by atoms with Crippen LogP contribution in [0.1, 0.15) is 32.6 Å². The van der Waals surface area contributed by atoms with Gasteiger partial charge in [-0.2, -0.15) is 5.26 Å². The number of amides is 1. The monoisotopic (exact) mass is 334 g/mol. The van der Waals surface area contributed by atoms with Gasteiger partial charge in [0, 0.05) is 9.75 Å². The summed E-state index contributed by atoms with van der Waals surface area (Å²) < 4.78 is 5.19. The molecule has 0 unspecified atom stereocenters. The van der Waals surface area contributed by atoms with Crippen molar-refractivity contribution in [2.75, 3.05) is 5.32 Å². The fourth-order valence-corrected chi connectivity index (χ4v) is 3.47. The molecule has 1 N–H and O–H groups in total. The zero-order valence-corrected chi connectivity index (χ0v) is 13.9. The van der Waals surface area contributed by atoms with Gasteiger partial charge in [-0.1, -0.05) is 0 Å². The van der Waals surface area contributed by atoms with Crippen LogP contribution in [0.15, 0.2) is 17.5 Å². The summed E-state index contributed by atoms with van der Waals surface area (Å²) in [7, 11) is 0. The van der Waals surface area contributed by atoms with Crippen LogP contribution in [0.3, 0.4) is 0 Å². The summed E-state index contributed by atoms with van der Waals surface area (Å²) in [6, 6.07) is 5.36. The van der Waals surface area contributed by atoms with E-state index in [4.69, 9.17) is 10.00 Å². The number of hydrogen-bond acceptors (Lipinski definition) is 6. The van der Waals surface area contributed by atoms with Gasteiger partial charge in [-0.25, -0.2) is 4.79 Å². The molecular formula is C15H14N2O3S2. The lowest BCUT2D eigenvalue weighted by Crippen LogP contribution is -2.30. The smallest absolute Gasteiger partial charge is 0.340 e. The number of thiophene rings is 2. The van der Waals surface area contributed by atoms with Crippen molar-refractivity contribution >= 4 is 39.6 Å². The Morgan fingerprint density at radius 1 is 1.41 bits per heavy atom. The van der Waals surface area contributed by atoms with E-state index >= 15 is 0 Å². The Morgan fingerprint density at radius 3 is 2.73 bits per heavy atom. The number of carbonyl (C=O) groups is 2. The number of nitrogens with one attached hydrogen (secondary N) is 1. The maximum atomic E-state index is 12.1. The van der Waals surface area contributed by atoms with Gasteiger partial charge in [0.25, 0.3) is 5.91 Å². The van der Waals surface area contributed by atoms with E-state index in [1.54, 1.807) is 17.5 Å². The molecule has 0 aliphatic rings. The van der Waals surface area contributed by atoms with Gasteiger partial charge >= 0.3 is 5.97 Å². The highest BCUT2D eigenvalue weighted by molar-refractivity contribution is 7.14. The van der Waals surface area contributed by atoms with Crippen molar-refractivity contribution in [3.8, 4) is 6.07 Å². The summed E-state index contributed by atoms with van der Waals surface area (Å²) in [6.07, 6.45) is -0.944. The first kappa shape index (κ1) is 16.2. The number of anilines is 1. The van der Waals surface area contributed by atoms with E-state index in [2.05, 4.69) is 5.32 Å². The minimum absolute atomic E-state index is 0.390. The Hall–Kier alpha value is -2.17. The molecular weight excluding hydrogens is 320 g/mol. The van der Waals surface area contributed by atoms with Gasteiger partial charge in [0.05, 0.1) is 11.1 Å². The summed E-state index contributed by atoms with van der Waals surface area (Å²) in [4.78, 5) is 26.0. The number of hydrogen-bond donors (Lipinski definition) is 1. The van der Waals surface area contributed by atoms with Crippen LogP contribution in [0, 0.1) is 25.2 Å². The first-order valence-electron chi connectivity index (χ1n) is 6.49. The van der Waals surface area contributed by atoms with Crippen molar-refractivity contribution < 1.29 is 14.3 Å². The van der Waals surface area contributed by atoms with Gasteiger partial charge in [0.1, 0.15) is 11.1 Å². The Kier molecular flexibility index (Phi) is 4.96. The van der Waals surface area contributed by atoms with Crippen molar-refractivity contribution in [2.24, 2.45) is 0 Å². The predicted octanol–water partition coefficient (Wildman–Crippen LogP) is 3.48. The fourth-order valence-electron chi connectivity index (χ4n) is 1.82. The molecule has 0 bridgehead atoms. The Balaban J connectivity index is 2.01. The third-order valence-electron chi connectivity index (χ3n) is 2.94. The molecule has 0 spiro atoms. The van der Waals surface area contributed by atoms with E-state index in [0.29, 0.717) is 16.1 Å². The Labute approximate surface area is 136 Å². The standard InChI is InChI=1S/C15H14N2O3S2/c1-8-6-12(10(3)22-8)15(19)20-9(2)13(18)17-14-11(7-16)4-5-21-14/h4-6,9H,1-3H3,(H,17,18)/t9-/m1/s1. The van der Waals surface area contributed by atoms with E-state index in [0.717, 1.165) is 9.75 Å². The number of nitriles is 1. The summed E-state index contributed by atoms with van der Waals surface area (Å²) in [5.74, 6) is -0.979. The predicted molar refractivity (Wildman–Crippen MR) is 86.3 cm³/mol. The van der Waals surface area contributed by atoms with E-state index in [9.17, 15) is 9.59 Å². The molecule has 1 amide bonds. The number of aryl methyl sites for hydroxylation is 2. The zero-order valence-electron chi connectivity index (χ0n) is 12.3. The normalized spacial score (nSPS) is 11.5. The average Bonchev–Trinajstić information content (AvgIpc) is 3.04. The van der Waals surface area contributed by atoms with Gasteiger partial charge in [0.2, 0.25) is 0 Å². The highest BCUT2D eigenvalue weighted by atomic mass is 32.1. The molecule has 2 rings (SSSR count). The van der Waals surface area contributed by atoms with Gasteiger partial charge in [0.15, 0.2) is 6.10 Å². The largest absolute Gasteiger partial charge is 0.449 e. The summed E-state index contributed by atoms with van der Waals surface area (Å²) in [5, 5.41) is 13.7. The highest BCUT2D eigenvalue weighted by Gasteiger charge is 2.22. The first-order valence-corrected chi connectivity index (χ1v) is 8.18. The summed E-state index contributed by atoms with van der Waals surface area (Å²) in [5.41, 5.74) is 0.872. The maximum absolute atomic E-state index is 12.1. The Morgan fingerprint density at radius 2 is 2.14 bits per heavy atom. The third-order valence-corrected chi connectivity index (χ3v) is 4.73. The quantitative estimate of drug-likeness (QED) is 0.868. The topological polar surface area (TPSA) is 79.2 Å². The second-order valence-electron chi connectivity index (χ2n) is 4.64. The van der Waals surface area contributed by atoms with E-state index in [1.165, 1.54) is 29.6 Å². The summed E-state index contributed by atoms with van der Waals surface area (Å²) in [6.45, 7) is 5.25. The number of esters is 1. The lowest BCUT2D eigenvalue weighted by atomic mass is 10.2. The van der Waals surface area contributed by atoms with Crippen LogP contribution in [0.4, 0.5) is 5.00 Å². The molecule has 22 heavy (non-hydrogen) atoms. The molecule has 0 aromatic carbocycles. The van der Waals surface area contributed by atoms with Gasteiger partial charge in [-0.15, -0.1) is 22.7 Å². The molecule has 1 atom stereocenters. The van der Waals surface area contributed by atoms with Crippen molar-refractivity contribution in [1.29, 1.82) is 5.26 Å². The van der Waals surface area contributed by atoms with Crippen molar-refractivity contribution in [3.63, 3.8) is 0 Å². The van der Waals surface area contributed by atoms with E-state index in [1.807, 2.05) is 19.9 Å². The molecule has 0 radical (unpaired) electrons. The second kappa shape index (κ2) is 6.73. The van der Waals surface area contributed by atoms with Crippen LogP contribution in [0.5, 0.6) is 0 Å². The van der Waals surface area contributed by atoms with E-state index in [-0.39, 0.29) is 0 Å². The van der Waals surface area contributed by atoms with Crippen molar-refractivity contribution in [1.82, 2.24) is 0 Å².